The van der Waals surface area contributed by atoms with E-state index in [4.69, 9.17) is 11.6 Å². The second kappa shape index (κ2) is 4.99. The zero-order valence-corrected chi connectivity index (χ0v) is 10.9. The monoisotopic (exact) mass is 243 g/mol. The number of halogens is 1. The molecule has 0 aliphatic rings. The Kier molecular flexibility index (Phi) is 4.13. The predicted molar refractivity (Wildman–Crippen MR) is 67.1 cm³/mol. The van der Waals surface area contributed by atoms with E-state index in [9.17, 15) is 5.21 Å². The Bertz CT molecular complexity index is 361. The molecule has 0 aromatic carbocycles. The first kappa shape index (κ1) is 13.2. The van der Waals surface area contributed by atoms with Gasteiger partial charge in [0.2, 0.25) is 0 Å². The van der Waals surface area contributed by atoms with E-state index in [1.54, 1.807) is 12.1 Å². The van der Waals surface area contributed by atoms with Crippen molar-refractivity contribution in [2.45, 2.75) is 20.8 Å². The lowest BCUT2D eigenvalue weighted by Crippen LogP contribution is -2.98. The summed E-state index contributed by atoms with van der Waals surface area (Å²) in [6.45, 7) is 7.06. The molecule has 4 nitrogen and oxygen atoms in total. The Hall–Kier alpha value is -0.840. The fourth-order valence-electron chi connectivity index (χ4n) is 1.20. The van der Waals surface area contributed by atoms with Crippen molar-refractivity contribution >= 4 is 23.1 Å². The largest absolute Gasteiger partial charge is 0.629 e. The van der Waals surface area contributed by atoms with Gasteiger partial charge in [-0.15, -0.1) is 0 Å². The van der Waals surface area contributed by atoms with Gasteiger partial charge in [0.05, 0.1) is 7.05 Å². The van der Waals surface area contributed by atoms with Crippen LogP contribution in [0.1, 0.15) is 20.8 Å². The van der Waals surface area contributed by atoms with Gasteiger partial charge in [-0.3, -0.25) is 0 Å². The van der Waals surface area contributed by atoms with Crippen molar-refractivity contribution in [3.8, 4) is 0 Å². The lowest BCUT2D eigenvalue weighted by molar-refractivity contribution is -0.750. The number of nitrogens with zero attached hydrogens (tertiary/aromatic N) is 1. The number of quaternary nitrogens is 1. The number of rotatable bonds is 3. The molecule has 16 heavy (non-hydrogen) atoms. The zero-order valence-electron chi connectivity index (χ0n) is 10.1. The summed E-state index contributed by atoms with van der Waals surface area (Å²) in [4.78, 5) is 4.13. The van der Waals surface area contributed by atoms with Gasteiger partial charge in [-0.05, 0) is 11.5 Å². The summed E-state index contributed by atoms with van der Waals surface area (Å²) in [6.07, 6.45) is 0. The quantitative estimate of drug-likeness (QED) is 0.629. The maximum absolute atomic E-state index is 11.4. The van der Waals surface area contributed by atoms with Crippen molar-refractivity contribution in [3.05, 3.63) is 22.5 Å². The van der Waals surface area contributed by atoms with Crippen LogP contribution in [0.25, 0.3) is 0 Å². The van der Waals surface area contributed by atoms with Crippen LogP contribution in [0.5, 0.6) is 0 Å². The highest BCUT2D eigenvalue weighted by Crippen LogP contribution is 2.20. The minimum Gasteiger partial charge on any atom is -0.629 e. The highest BCUT2D eigenvalue weighted by molar-refractivity contribution is 6.29. The number of hydrogen-bond donors (Lipinski definition) is 2. The first-order chi connectivity index (χ1) is 7.29. The third-order valence-electron chi connectivity index (χ3n) is 2.03. The van der Waals surface area contributed by atoms with Crippen molar-refractivity contribution in [2.24, 2.45) is 5.41 Å². The molecule has 1 atom stereocenters. The number of aromatic nitrogens is 1. The number of hydrogen-bond acceptors (Lipinski definition) is 3. The highest BCUT2D eigenvalue weighted by Gasteiger charge is 2.14. The fourth-order valence-corrected chi connectivity index (χ4v) is 1.35. The molecule has 0 saturated heterocycles. The highest BCUT2D eigenvalue weighted by atomic mass is 35.5. The minimum atomic E-state index is -0.0134. The molecule has 0 aliphatic heterocycles. The van der Waals surface area contributed by atoms with E-state index in [0.717, 1.165) is 6.54 Å². The number of anilines is 1. The van der Waals surface area contributed by atoms with E-state index in [2.05, 4.69) is 31.1 Å². The standard InChI is InChI=1S/C11H18ClN3O/c1-11(2,3)7-13-10-8(15(4)16)5-6-9(12)14-10/h5-6,15H,7H2,1-4H3,(H,13,14). The Labute approximate surface area is 101 Å². The third-order valence-corrected chi connectivity index (χ3v) is 2.24. The van der Waals surface area contributed by atoms with Crippen LogP contribution in [0.4, 0.5) is 11.5 Å². The molecule has 1 unspecified atom stereocenters. The average Bonchev–Trinajstić information content (AvgIpc) is 2.13. The van der Waals surface area contributed by atoms with Gasteiger partial charge in [-0.2, -0.15) is 0 Å². The predicted octanol–water partition coefficient (Wildman–Crippen LogP) is 1.84. The molecule has 90 valence electrons. The topological polar surface area (TPSA) is 52.4 Å². The molecule has 0 saturated carbocycles. The van der Waals surface area contributed by atoms with Crippen molar-refractivity contribution in [1.82, 2.24) is 4.98 Å². The summed E-state index contributed by atoms with van der Waals surface area (Å²) in [7, 11) is 1.52. The van der Waals surface area contributed by atoms with Crippen molar-refractivity contribution in [2.75, 3.05) is 18.9 Å². The second-order valence-corrected chi connectivity index (χ2v) is 5.39. The average molecular weight is 244 g/mol. The lowest BCUT2D eigenvalue weighted by Gasteiger charge is -2.23. The molecule has 2 N–H and O–H groups in total. The molecule has 1 aromatic heterocycles. The van der Waals surface area contributed by atoms with E-state index < -0.39 is 0 Å². The van der Waals surface area contributed by atoms with Gasteiger partial charge in [-0.25, -0.2) is 4.98 Å². The Morgan fingerprint density at radius 3 is 2.56 bits per heavy atom. The first-order valence-electron chi connectivity index (χ1n) is 5.21. The molecule has 0 bridgehead atoms. The third kappa shape index (κ3) is 3.96. The van der Waals surface area contributed by atoms with Gasteiger partial charge in [-0.1, -0.05) is 32.4 Å². The van der Waals surface area contributed by atoms with Gasteiger partial charge in [0.15, 0.2) is 11.5 Å². The van der Waals surface area contributed by atoms with Crippen LogP contribution in [0.2, 0.25) is 5.15 Å². The normalized spacial score (nSPS) is 13.6. The van der Waals surface area contributed by atoms with Gasteiger partial charge in [0.1, 0.15) is 5.15 Å². The summed E-state index contributed by atoms with van der Waals surface area (Å²) in [5.41, 5.74) is 0.701. The fraction of sp³-hybridized carbons (Fsp3) is 0.545. The number of pyridine rings is 1. The van der Waals surface area contributed by atoms with E-state index in [-0.39, 0.29) is 10.5 Å². The van der Waals surface area contributed by atoms with Crippen LogP contribution in [0, 0.1) is 10.6 Å². The molecule has 1 heterocycles. The molecule has 1 rings (SSSR count). The van der Waals surface area contributed by atoms with E-state index in [0.29, 0.717) is 16.7 Å². The van der Waals surface area contributed by atoms with E-state index >= 15 is 0 Å². The Morgan fingerprint density at radius 1 is 1.44 bits per heavy atom. The smallest absolute Gasteiger partial charge is 0.190 e. The van der Waals surface area contributed by atoms with Crippen molar-refractivity contribution in [1.29, 1.82) is 0 Å². The Morgan fingerprint density at radius 2 is 2.06 bits per heavy atom. The molecular formula is C11H18ClN3O. The second-order valence-electron chi connectivity index (χ2n) is 5.00. The summed E-state index contributed by atoms with van der Waals surface area (Å²) in [5.74, 6) is 0.565. The maximum atomic E-state index is 11.4. The van der Waals surface area contributed by atoms with Gasteiger partial charge in [0, 0.05) is 12.6 Å². The van der Waals surface area contributed by atoms with Crippen LogP contribution >= 0.6 is 11.6 Å². The molecule has 0 spiro atoms. The van der Waals surface area contributed by atoms with Gasteiger partial charge < -0.3 is 15.6 Å². The Balaban J connectivity index is 2.88. The van der Waals surface area contributed by atoms with Crippen LogP contribution < -0.4 is 10.4 Å². The van der Waals surface area contributed by atoms with Crippen LogP contribution in [-0.2, 0) is 0 Å². The van der Waals surface area contributed by atoms with Crippen LogP contribution in [-0.4, -0.2) is 18.6 Å². The summed E-state index contributed by atoms with van der Waals surface area (Å²) >= 11 is 5.81. The van der Waals surface area contributed by atoms with Crippen LogP contribution in [0.3, 0.4) is 0 Å². The van der Waals surface area contributed by atoms with Gasteiger partial charge >= 0.3 is 0 Å². The SMILES string of the molecule is C[NH+]([O-])c1ccc(Cl)nc1NCC(C)(C)C. The van der Waals surface area contributed by atoms with Crippen LogP contribution in [0.15, 0.2) is 12.1 Å². The number of hydroxylamine groups is 1. The molecule has 0 aliphatic carbocycles. The van der Waals surface area contributed by atoms with E-state index in [1.165, 1.54) is 7.05 Å². The maximum Gasteiger partial charge on any atom is 0.190 e. The molecule has 0 fully saturated rings. The molecule has 5 heteroatoms. The summed E-state index contributed by atoms with van der Waals surface area (Å²) < 4.78 is 0. The minimum absolute atomic E-state index is 0.0134. The molecule has 0 amide bonds. The lowest BCUT2D eigenvalue weighted by atomic mass is 9.97. The van der Waals surface area contributed by atoms with E-state index in [1.807, 2.05) is 0 Å². The summed E-state index contributed by atoms with van der Waals surface area (Å²) in [5, 5.41) is 14.9. The first-order valence-corrected chi connectivity index (χ1v) is 5.59. The molecule has 1 aromatic rings. The van der Waals surface area contributed by atoms with Crippen molar-refractivity contribution < 1.29 is 5.06 Å². The zero-order chi connectivity index (χ0) is 12.3. The van der Waals surface area contributed by atoms with Gasteiger partial charge in [0.25, 0.3) is 0 Å². The van der Waals surface area contributed by atoms with Crippen molar-refractivity contribution in [3.63, 3.8) is 0 Å². The summed E-state index contributed by atoms with van der Waals surface area (Å²) in [6, 6.07) is 3.32. The number of nitrogens with one attached hydrogen (secondary N) is 2. The molecular weight excluding hydrogens is 226 g/mol. The molecule has 0 radical (unpaired) electrons.